The summed E-state index contributed by atoms with van der Waals surface area (Å²) in [7, 11) is 0. The van der Waals surface area contributed by atoms with Gasteiger partial charge in [-0.2, -0.15) is 0 Å². The maximum Gasteiger partial charge on any atom is 0.306 e. The van der Waals surface area contributed by atoms with Crippen LogP contribution in [0.2, 0.25) is 0 Å². The fraction of sp³-hybridized carbons (Fsp3) is 0.787. The number of aliphatic hydroxyl groups excluding tert-OH is 1. The highest BCUT2D eigenvalue weighted by Gasteiger charge is 2.16. The molecule has 0 bridgehead atoms. The fourth-order valence-corrected chi connectivity index (χ4v) is 6.31. The van der Waals surface area contributed by atoms with Gasteiger partial charge in [-0.25, -0.2) is 0 Å². The number of hydrogen-bond acceptors (Lipinski definition) is 5. The van der Waals surface area contributed by atoms with Gasteiger partial charge in [0.05, 0.1) is 6.61 Å². The predicted octanol–water partition coefficient (Wildman–Crippen LogP) is 14.2. The maximum atomic E-state index is 12.2. The molecule has 1 atom stereocenters. The second-order valence-electron chi connectivity index (χ2n) is 14.8. The lowest BCUT2D eigenvalue weighted by molar-refractivity contribution is -0.161. The number of carbonyl (C=O) groups excluding carboxylic acids is 2. The maximum absolute atomic E-state index is 12.2. The third kappa shape index (κ3) is 40.6. The summed E-state index contributed by atoms with van der Waals surface area (Å²) in [5, 5.41) is 9.58. The SMILES string of the molecule is CC/C=C\C/C=C\C/C=C\C/C=C\CCCCCCCCCCCCC(=O)OC(CO)COC(=O)CCCCCCCCCCCCCCCCC. The Hall–Kier alpha value is -2.14. The Morgan fingerprint density at radius 1 is 0.462 bits per heavy atom. The predicted molar refractivity (Wildman–Crippen MR) is 224 cm³/mol. The average Bonchev–Trinajstić information content (AvgIpc) is 3.15. The van der Waals surface area contributed by atoms with Gasteiger partial charge in [-0.1, -0.05) is 204 Å². The minimum Gasteiger partial charge on any atom is -0.462 e. The lowest BCUT2D eigenvalue weighted by Gasteiger charge is -2.15. The summed E-state index contributed by atoms with van der Waals surface area (Å²) in [6, 6.07) is 0. The Bertz CT molecular complexity index is 873. The largest absolute Gasteiger partial charge is 0.462 e. The molecule has 52 heavy (non-hydrogen) atoms. The van der Waals surface area contributed by atoms with Gasteiger partial charge in [0, 0.05) is 12.8 Å². The van der Waals surface area contributed by atoms with Crippen LogP contribution < -0.4 is 0 Å². The molecule has 0 saturated heterocycles. The minimum atomic E-state index is -0.772. The molecule has 0 saturated carbocycles. The zero-order valence-corrected chi connectivity index (χ0v) is 34.3. The zero-order chi connectivity index (χ0) is 37.8. The summed E-state index contributed by atoms with van der Waals surface area (Å²) in [6.45, 7) is 4.04. The standard InChI is InChI=1S/C47H84O5/c1-3-5-7-9-11-13-15-17-19-20-21-22-23-24-25-26-28-30-32-34-36-38-40-42-47(50)52-45(43-48)44-51-46(49)41-39-37-35-33-31-29-27-18-16-14-12-10-8-6-4-2/h5,7,11,13,17,19,21-22,45,48H,3-4,6,8-10,12,14-16,18,20,23-44H2,1-2H3/b7-5-,13-11-,19-17-,22-21-. The van der Waals surface area contributed by atoms with E-state index < -0.39 is 6.10 Å². The molecule has 0 aromatic rings. The first-order valence-electron chi connectivity index (χ1n) is 22.2. The van der Waals surface area contributed by atoms with Gasteiger partial charge in [-0.3, -0.25) is 9.59 Å². The molecule has 0 aromatic carbocycles. The summed E-state index contributed by atoms with van der Waals surface area (Å²) in [6.07, 6.45) is 54.7. The summed E-state index contributed by atoms with van der Waals surface area (Å²) in [4.78, 5) is 24.3. The molecular formula is C47H84O5. The molecule has 0 fully saturated rings. The van der Waals surface area contributed by atoms with Crippen LogP contribution in [-0.4, -0.2) is 36.4 Å². The number of aliphatic hydroxyl groups is 1. The molecular weight excluding hydrogens is 645 g/mol. The topological polar surface area (TPSA) is 72.8 Å². The molecule has 0 rings (SSSR count). The molecule has 0 amide bonds. The first-order valence-corrected chi connectivity index (χ1v) is 22.2. The number of carbonyl (C=O) groups is 2. The van der Waals surface area contributed by atoms with Gasteiger partial charge < -0.3 is 14.6 Å². The van der Waals surface area contributed by atoms with Crippen LogP contribution in [0.5, 0.6) is 0 Å². The Morgan fingerprint density at radius 2 is 0.827 bits per heavy atom. The van der Waals surface area contributed by atoms with Crippen molar-refractivity contribution in [3.63, 3.8) is 0 Å². The second-order valence-corrected chi connectivity index (χ2v) is 14.8. The van der Waals surface area contributed by atoms with E-state index in [2.05, 4.69) is 62.5 Å². The first-order chi connectivity index (χ1) is 25.6. The van der Waals surface area contributed by atoms with Gasteiger partial charge in [-0.05, 0) is 51.4 Å². The van der Waals surface area contributed by atoms with Crippen LogP contribution in [0.15, 0.2) is 48.6 Å². The van der Waals surface area contributed by atoms with E-state index in [1.807, 2.05) is 0 Å². The molecule has 5 nitrogen and oxygen atoms in total. The van der Waals surface area contributed by atoms with Crippen molar-refractivity contribution in [2.24, 2.45) is 0 Å². The number of hydrogen-bond donors (Lipinski definition) is 1. The molecule has 0 aliphatic rings. The molecule has 0 aromatic heterocycles. The van der Waals surface area contributed by atoms with Crippen molar-refractivity contribution >= 4 is 11.9 Å². The lowest BCUT2D eigenvalue weighted by atomic mass is 10.0. The van der Waals surface area contributed by atoms with Crippen LogP contribution in [0.25, 0.3) is 0 Å². The fourth-order valence-electron chi connectivity index (χ4n) is 6.31. The van der Waals surface area contributed by atoms with Crippen molar-refractivity contribution < 1.29 is 24.2 Å². The number of unbranched alkanes of at least 4 members (excludes halogenated alkanes) is 24. The Morgan fingerprint density at radius 3 is 1.25 bits per heavy atom. The Kier molecular flexibility index (Phi) is 41.5. The van der Waals surface area contributed by atoms with E-state index in [-0.39, 0.29) is 25.2 Å². The van der Waals surface area contributed by atoms with Gasteiger partial charge in [0.25, 0.3) is 0 Å². The summed E-state index contributed by atoms with van der Waals surface area (Å²) < 4.78 is 10.6. The minimum absolute atomic E-state index is 0.0652. The van der Waals surface area contributed by atoms with Crippen LogP contribution in [0.3, 0.4) is 0 Å². The molecule has 0 heterocycles. The monoisotopic (exact) mass is 729 g/mol. The van der Waals surface area contributed by atoms with Gasteiger partial charge in [-0.15, -0.1) is 0 Å². The van der Waals surface area contributed by atoms with E-state index in [0.29, 0.717) is 12.8 Å². The van der Waals surface area contributed by atoms with E-state index in [0.717, 1.165) is 64.2 Å². The molecule has 302 valence electrons. The molecule has 0 radical (unpaired) electrons. The molecule has 0 spiro atoms. The van der Waals surface area contributed by atoms with Gasteiger partial charge in [0.15, 0.2) is 6.10 Å². The van der Waals surface area contributed by atoms with Gasteiger partial charge in [0.2, 0.25) is 0 Å². The van der Waals surface area contributed by atoms with Crippen molar-refractivity contribution in [1.29, 1.82) is 0 Å². The lowest BCUT2D eigenvalue weighted by Crippen LogP contribution is -2.28. The number of ether oxygens (including phenoxy) is 2. The number of esters is 2. The van der Waals surface area contributed by atoms with E-state index in [4.69, 9.17) is 9.47 Å². The highest BCUT2D eigenvalue weighted by molar-refractivity contribution is 5.70. The average molecular weight is 729 g/mol. The van der Waals surface area contributed by atoms with Crippen LogP contribution in [0.1, 0.15) is 219 Å². The van der Waals surface area contributed by atoms with Crippen molar-refractivity contribution in [3.8, 4) is 0 Å². The van der Waals surface area contributed by atoms with Gasteiger partial charge >= 0.3 is 11.9 Å². The van der Waals surface area contributed by atoms with Crippen LogP contribution in [0, 0.1) is 0 Å². The summed E-state index contributed by atoms with van der Waals surface area (Å²) >= 11 is 0. The third-order valence-corrected chi connectivity index (χ3v) is 9.64. The van der Waals surface area contributed by atoms with E-state index in [9.17, 15) is 14.7 Å². The normalized spacial score (nSPS) is 12.6. The highest BCUT2D eigenvalue weighted by atomic mass is 16.6. The summed E-state index contributed by atoms with van der Waals surface area (Å²) in [5.41, 5.74) is 0. The van der Waals surface area contributed by atoms with Crippen LogP contribution in [0.4, 0.5) is 0 Å². The van der Waals surface area contributed by atoms with Gasteiger partial charge in [0.1, 0.15) is 6.61 Å². The van der Waals surface area contributed by atoms with Crippen LogP contribution in [-0.2, 0) is 19.1 Å². The third-order valence-electron chi connectivity index (χ3n) is 9.64. The van der Waals surface area contributed by atoms with Crippen molar-refractivity contribution in [2.45, 2.75) is 225 Å². The number of allylic oxidation sites excluding steroid dienone is 8. The van der Waals surface area contributed by atoms with E-state index in [1.54, 1.807) is 0 Å². The van der Waals surface area contributed by atoms with Crippen molar-refractivity contribution in [1.82, 2.24) is 0 Å². The molecule has 0 aliphatic heterocycles. The Labute approximate surface area is 322 Å². The molecule has 1 unspecified atom stereocenters. The van der Waals surface area contributed by atoms with Crippen molar-refractivity contribution in [3.05, 3.63) is 48.6 Å². The van der Waals surface area contributed by atoms with Crippen LogP contribution >= 0.6 is 0 Å². The first kappa shape index (κ1) is 49.9. The summed E-state index contributed by atoms with van der Waals surface area (Å²) in [5.74, 6) is -0.589. The highest BCUT2D eigenvalue weighted by Crippen LogP contribution is 2.15. The number of rotatable bonds is 40. The molecule has 1 N–H and O–H groups in total. The zero-order valence-electron chi connectivity index (χ0n) is 34.3. The smallest absolute Gasteiger partial charge is 0.306 e. The van der Waals surface area contributed by atoms with E-state index >= 15 is 0 Å². The quantitative estimate of drug-likeness (QED) is 0.0386. The second kappa shape index (κ2) is 43.3. The van der Waals surface area contributed by atoms with E-state index in [1.165, 1.54) is 128 Å². The Balaban J connectivity index is 3.52. The molecule has 5 heteroatoms. The molecule has 0 aliphatic carbocycles. The van der Waals surface area contributed by atoms with Crippen molar-refractivity contribution in [2.75, 3.05) is 13.2 Å².